The highest BCUT2D eigenvalue weighted by atomic mass is 16.6. The molecule has 128 valence electrons. The van der Waals surface area contributed by atoms with E-state index in [2.05, 4.69) is 9.88 Å². The molecule has 0 bridgehead atoms. The summed E-state index contributed by atoms with van der Waals surface area (Å²) >= 11 is 0. The van der Waals surface area contributed by atoms with E-state index in [9.17, 15) is 9.90 Å². The van der Waals surface area contributed by atoms with E-state index in [1.807, 2.05) is 33.8 Å². The van der Waals surface area contributed by atoms with Crippen LogP contribution in [0.3, 0.4) is 0 Å². The van der Waals surface area contributed by atoms with Gasteiger partial charge >= 0.3 is 6.09 Å². The van der Waals surface area contributed by atoms with Crippen LogP contribution in [0.4, 0.5) is 10.6 Å². The average molecular weight is 321 g/mol. The lowest BCUT2D eigenvalue weighted by Crippen LogP contribution is -2.50. The van der Waals surface area contributed by atoms with Crippen LogP contribution in [0, 0.1) is 6.92 Å². The van der Waals surface area contributed by atoms with Crippen LogP contribution in [0.2, 0.25) is 0 Å². The molecule has 0 aliphatic carbocycles. The summed E-state index contributed by atoms with van der Waals surface area (Å²) in [4.78, 5) is 20.5. The van der Waals surface area contributed by atoms with Crippen molar-refractivity contribution < 1.29 is 14.6 Å². The van der Waals surface area contributed by atoms with Gasteiger partial charge in [-0.2, -0.15) is 0 Å². The second-order valence-corrected chi connectivity index (χ2v) is 7.04. The van der Waals surface area contributed by atoms with Gasteiger partial charge in [0.1, 0.15) is 11.4 Å². The van der Waals surface area contributed by atoms with Crippen molar-refractivity contribution in [3.05, 3.63) is 23.4 Å². The van der Waals surface area contributed by atoms with Gasteiger partial charge in [-0.1, -0.05) is 0 Å². The molecule has 2 rings (SSSR count). The van der Waals surface area contributed by atoms with E-state index in [0.717, 1.165) is 30.0 Å². The largest absolute Gasteiger partial charge is 0.444 e. The predicted molar refractivity (Wildman–Crippen MR) is 89.6 cm³/mol. The van der Waals surface area contributed by atoms with Crippen molar-refractivity contribution in [3.8, 4) is 0 Å². The number of carbonyl (C=O) groups is 1. The Balaban J connectivity index is 1.98. The van der Waals surface area contributed by atoms with Crippen LogP contribution < -0.4 is 4.90 Å². The number of rotatable bonds is 2. The second-order valence-electron chi connectivity index (χ2n) is 7.04. The summed E-state index contributed by atoms with van der Waals surface area (Å²) in [5.74, 6) is 0.915. The lowest BCUT2D eigenvalue weighted by molar-refractivity contribution is 0.0240. The first-order valence-electron chi connectivity index (χ1n) is 8.05. The molecule has 1 unspecified atom stereocenters. The van der Waals surface area contributed by atoms with Gasteiger partial charge in [0.05, 0.1) is 6.10 Å². The number of piperazine rings is 1. The maximum absolute atomic E-state index is 12.1. The van der Waals surface area contributed by atoms with E-state index in [1.165, 1.54) is 0 Å². The van der Waals surface area contributed by atoms with Crippen LogP contribution in [0.25, 0.3) is 0 Å². The van der Waals surface area contributed by atoms with Crippen molar-refractivity contribution in [3.63, 3.8) is 0 Å². The third-order valence-corrected chi connectivity index (χ3v) is 3.79. The van der Waals surface area contributed by atoms with Gasteiger partial charge in [-0.25, -0.2) is 9.78 Å². The van der Waals surface area contributed by atoms with Gasteiger partial charge < -0.3 is 19.6 Å². The SMILES string of the molecule is Cc1cc(C(C)O)cnc1N1CCN(C(=O)OC(C)(C)C)CC1. The smallest absolute Gasteiger partial charge is 0.410 e. The quantitative estimate of drug-likeness (QED) is 0.906. The fraction of sp³-hybridized carbons (Fsp3) is 0.647. The molecule has 0 spiro atoms. The number of nitrogens with zero attached hydrogens (tertiary/aromatic N) is 3. The molecule has 1 saturated heterocycles. The number of hydrogen-bond acceptors (Lipinski definition) is 5. The number of ether oxygens (including phenoxy) is 1. The van der Waals surface area contributed by atoms with Gasteiger partial charge in [-0.3, -0.25) is 0 Å². The first-order chi connectivity index (χ1) is 10.7. The lowest BCUT2D eigenvalue weighted by Gasteiger charge is -2.36. The number of hydrogen-bond donors (Lipinski definition) is 1. The first-order valence-corrected chi connectivity index (χ1v) is 8.05. The maximum Gasteiger partial charge on any atom is 0.410 e. The van der Waals surface area contributed by atoms with Crippen molar-refractivity contribution in [2.45, 2.75) is 46.3 Å². The Labute approximate surface area is 138 Å². The highest BCUT2D eigenvalue weighted by molar-refractivity contribution is 5.68. The number of pyridine rings is 1. The Morgan fingerprint density at radius 1 is 1.30 bits per heavy atom. The Kier molecular flexibility index (Phi) is 5.14. The van der Waals surface area contributed by atoms with E-state index in [4.69, 9.17) is 4.74 Å². The summed E-state index contributed by atoms with van der Waals surface area (Å²) < 4.78 is 5.41. The zero-order valence-electron chi connectivity index (χ0n) is 14.7. The summed E-state index contributed by atoms with van der Waals surface area (Å²) in [5, 5.41) is 9.63. The molecule has 0 aromatic carbocycles. The molecule has 1 aromatic heterocycles. The molecule has 1 N–H and O–H groups in total. The van der Waals surface area contributed by atoms with Crippen LogP contribution in [0.1, 0.15) is 44.9 Å². The first kappa shape index (κ1) is 17.5. The molecule has 1 aromatic rings. The summed E-state index contributed by atoms with van der Waals surface area (Å²) in [7, 11) is 0. The van der Waals surface area contributed by atoms with E-state index in [1.54, 1.807) is 18.0 Å². The Morgan fingerprint density at radius 3 is 2.39 bits per heavy atom. The predicted octanol–water partition coefficient (Wildman–Crippen LogP) is 2.50. The van der Waals surface area contributed by atoms with Crippen LogP contribution in [0.15, 0.2) is 12.3 Å². The third kappa shape index (κ3) is 4.58. The molecule has 6 nitrogen and oxygen atoms in total. The summed E-state index contributed by atoms with van der Waals surface area (Å²) in [6.45, 7) is 12.0. The number of carbonyl (C=O) groups excluding carboxylic acids is 1. The maximum atomic E-state index is 12.1. The minimum absolute atomic E-state index is 0.258. The number of amides is 1. The van der Waals surface area contributed by atoms with E-state index >= 15 is 0 Å². The van der Waals surface area contributed by atoms with E-state index in [-0.39, 0.29) is 6.09 Å². The van der Waals surface area contributed by atoms with Crippen molar-refractivity contribution >= 4 is 11.9 Å². The molecule has 1 aliphatic rings. The fourth-order valence-corrected chi connectivity index (χ4v) is 2.58. The number of aliphatic hydroxyl groups excluding tert-OH is 1. The molecule has 23 heavy (non-hydrogen) atoms. The van der Waals surface area contributed by atoms with Gasteiger partial charge in [-0.15, -0.1) is 0 Å². The normalized spacial score (nSPS) is 17.1. The zero-order chi connectivity index (χ0) is 17.2. The number of aromatic nitrogens is 1. The van der Waals surface area contributed by atoms with Crippen molar-refractivity contribution in [2.24, 2.45) is 0 Å². The third-order valence-electron chi connectivity index (χ3n) is 3.79. The van der Waals surface area contributed by atoms with Crippen LogP contribution in [0.5, 0.6) is 0 Å². The van der Waals surface area contributed by atoms with Gasteiger partial charge in [0.25, 0.3) is 0 Å². The van der Waals surface area contributed by atoms with Gasteiger partial charge in [0.2, 0.25) is 0 Å². The van der Waals surface area contributed by atoms with Crippen molar-refractivity contribution in [1.29, 1.82) is 0 Å². The number of aryl methyl sites for hydroxylation is 1. The lowest BCUT2D eigenvalue weighted by atomic mass is 10.1. The molecule has 0 radical (unpaired) electrons. The van der Waals surface area contributed by atoms with E-state index in [0.29, 0.717) is 13.1 Å². The highest BCUT2D eigenvalue weighted by Gasteiger charge is 2.26. The average Bonchev–Trinajstić information content (AvgIpc) is 2.45. The molecule has 0 saturated carbocycles. The van der Waals surface area contributed by atoms with Crippen LogP contribution >= 0.6 is 0 Å². The van der Waals surface area contributed by atoms with Gasteiger partial charge in [0, 0.05) is 32.4 Å². The fourth-order valence-electron chi connectivity index (χ4n) is 2.58. The van der Waals surface area contributed by atoms with Gasteiger partial charge in [-0.05, 0) is 51.8 Å². The Hall–Kier alpha value is -1.82. The molecular formula is C17H27N3O3. The summed E-state index contributed by atoms with van der Waals surface area (Å²) in [6, 6.07) is 1.97. The Bertz CT molecular complexity index is 559. The van der Waals surface area contributed by atoms with Gasteiger partial charge in [0.15, 0.2) is 0 Å². The topological polar surface area (TPSA) is 65.9 Å². The van der Waals surface area contributed by atoms with Crippen LogP contribution in [-0.4, -0.2) is 52.9 Å². The molecule has 6 heteroatoms. The zero-order valence-corrected chi connectivity index (χ0v) is 14.7. The molecule has 1 fully saturated rings. The van der Waals surface area contributed by atoms with E-state index < -0.39 is 11.7 Å². The number of anilines is 1. The summed E-state index contributed by atoms with van der Waals surface area (Å²) in [6.07, 6.45) is 0.943. The molecule has 1 amide bonds. The minimum atomic E-state index is -0.515. The monoisotopic (exact) mass is 321 g/mol. The summed E-state index contributed by atoms with van der Waals surface area (Å²) in [5.41, 5.74) is 1.39. The Morgan fingerprint density at radius 2 is 1.91 bits per heavy atom. The number of aliphatic hydroxyl groups is 1. The van der Waals surface area contributed by atoms with Crippen LogP contribution in [-0.2, 0) is 4.74 Å². The molecular weight excluding hydrogens is 294 g/mol. The second kappa shape index (κ2) is 6.74. The molecule has 1 atom stereocenters. The highest BCUT2D eigenvalue weighted by Crippen LogP contribution is 2.22. The molecule has 1 aliphatic heterocycles. The molecule has 2 heterocycles. The minimum Gasteiger partial charge on any atom is -0.444 e. The standard InChI is InChI=1S/C17H27N3O3/c1-12-10-14(13(2)21)11-18-15(12)19-6-8-20(9-7-19)16(22)23-17(3,4)5/h10-11,13,21H,6-9H2,1-5H3. The van der Waals surface area contributed by atoms with Crippen molar-refractivity contribution in [1.82, 2.24) is 9.88 Å². The van der Waals surface area contributed by atoms with Crippen molar-refractivity contribution in [2.75, 3.05) is 31.1 Å².